The molecular weight excluding hydrogens is 196 g/mol. The van der Waals surface area contributed by atoms with Crippen LogP contribution in [0.2, 0.25) is 0 Å². The van der Waals surface area contributed by atoms with Crippen molar-refractivity contribution in [1.29, 1.82) is 0 Å². The van der Waals surface area contributed by atoms with Gasteiger partial charge in [0.1, 0.15) is 11.6 Å². The fourth-order valence-electron chi connectivity index (χ4n) is 1.09. The lowest BCUT2D eigenvalue weighted by Crippen LogP contribution is -2.09. The van der Waals surface area contributed by atoms with Crippen LogP contribution in [-0.4, -0.2) is 38.6 Å². The summed E-state index contributed by atoms with van der Waals surface area (Å²) in [5.41, 5.74) is 0.440. The van der Waals surface area contributed by atoms with Gasteiger partial charge in [0.15, 0.2) is 6.29 Å². The molecule has 0 aliphatic carbocycles. The Kier molecular flexibility index (Phi) is 4.56. The van der Waals surface area contributed by atoms with E-state index in [1.165, 1.54) is 13.3 Å². The average Bonchev–Trinajstić information content (AvgIpc) is 2.29. The molecule has 15 heavy (non-hydrogen) atoms. The number of aldehydes is 1. The number of methoxy groups -OCH3 is 2. The highest BCUT2D eigenvalue weighted by atomic mass is 16.5. The van der Waals surface area contributed by atoms with E-state index in [2.05, 4.69) is 10.3 Å². The molecular formula is C10H14N2O3. The summed E-state index contributed by atoms with van der Waals surface area (Å²) in [5, 5.41) is 3.04. The van der Waals surface area contributed by atoms with E-state index in [0.29, 0.717) is 36.6 Å². The van der Waals surface area contributed by atoms with E-state index in [1.807, 2.05) is 0 Å². The van der Waals surface area contributed by atoms with Crippen LogP contribution in [0.4, 0.5) is 5.82 Å². The molecule has 1 N–H and O–H groups in total. The Hall–Kier alpha value is -1.62. The molecule has 0 amide bonds. The van der Waals surface area contributed by atoms with Gasteiger partial charge in [0, 0.05) is 25.9 Å². The van der Waals surface area contributed by atoms with E-state index >= 15 is 0 Å². The molecule has 1 heterocycles. The summed E-state index contributed by atoms with van der Waals surface area (Å²) < 4.78 is 9.93. The van der Waals surface area contributed by atoms with Gasteiger partial charge in [0.25, 0.3) is 0 Å². The van der Waals surface area contributed by atoms with E-state index in [9.17, 15) is 4.79 Å². The number of carbonyl (C=O) groups is 1. The normalized spacial score (nSPS) is 9.73. The number of nitrogens with one attached hydrogen (secondary N) is 1. The second kappa shape index (κ2) is 5.98. The summed E-state index contributed by atoms with van der Waals surface area (Å²) in [5.74, 6) is 1.18. The highest BCUT2D eigenvalue weighted by Gasteiger charge is 2.03. The predicted octanol–water partition coefficient (Wildman–Crippen LogP) is 0.961. The molecule has 0 radical (unpaired) electrons. The first-order valence-corrected chi connectivity index (χ1v) is 4.54. The fourth-order valence-corrected chi connectivity index (χ4v) is 1.09. The number of nitrogens with zero attached hydrogens (tertiary/aromatic N) is 1. The summed E-state index contributed by atoms with van der Waals surface area (Å²) in [4.78, 5) is 14.6. The van der Waals surface area contributed by atoms with Crippen molar-refractivity contribution in [2.45, 2.75) is 0 Å². The van der Waals surface area contributed by atoms with Crippen LogP contribution in [0.15, 0.2) is 12.3 Å². The Morgan fingerprint density at radius 3 is 2.93 bits per heavy atom. The van der Waals surface area contributed by atoms with Gasteiger partial charge in [0.05, 0.1) is 19.3 Å². The van der Waals surface area contributed by atoms with Crippen LogP contribution in [-0.2, 0) is 4.74 Å². The summed E-state index contributed by atoms with van der Waals surface area (Å²) in [6, 6.07) is 1.68. The predicted molar refractivity (Wildman–Crippen MR) is 56.5 cm³/mol. The summed E-state index contributed by atoms with van der Waals surface area (Å²) in [6.07, 6.45) is 2.19. The van der Waals surface area contributed by atoms with Gasteiger partial charge in [0.2, 0.25) is 0 Å². The van der Waals surface area contributed by atoms with Gasteiger partial charge in [-0.15, -0.1) is 0 Å². The highest BCUT2D eigenvalue weighted by Crippen LogP contribution is 2.18. The van der Waals surface area contributed by atoms with Crippen molar-refractivity contribution in [3.8, 4) is 5.75 Å². The minimum atomic E-state index is 0.440. The number of anilines is 1. The topological polar surface area (TPSA) is 60.5 Å². The van der Waals surface area contributed by atoms with Crippen LogP contribution >= 0.6 is 0 Å². The van der Waals surface area contributed by atoms with E-state index in [-0.39, 0.29) is 0 Å². The minimum Gasteiger partial charge on any atom is -0.496 e. The molecule has 0 saturated carbocycles. The molecule has 0 atom stereocenters. The van der Waals surface area contributed by atoms with Crippen LogP contribution in [0.25, 0.3) is 0 Å². The molecule has 1 aromatic heterocycles. The lowest BCUT2D eigenvalue weighted by molar-refractivity contribution is 0.112. The third kappa shape index (κ3) is 3.21. The highest BCUT2D eigenvalue weighted by molar-refractivity contribution is 5.79. The second-order valence-electron chi connectivity index (χ2n) is 2.85. The zero-order valence-corrected chi connectivity index (χ0v) is 8.82. The van der Waals surface area contributed by atoms with Gasteiger partial charge in [-0.05, 0) is 0 Å². The molecule has 82 valence electrons. The quantitative estimate of drug-likeness (QED) is 0.559. The van der Waals surface area contributed by atoms with Crippen molar-refractivity contribution in [2.75, 3.05) is 32.7 Å². The van der Waals surface area contributed by atoms with Crippen molar-refractivity contribution in [3.05, 3.63) is 17.8 Å². The largest absolute Gasteiger partial charge is 0.496 e. The van der Waals surface area contributed by atoms with Gasteiger partial charge >= 0.3 is 0 Å². The smallest absolute Gasteiger partial charge is 0.155 e. The fraction of sp³-hybridized carbons (Fsp3) is 0.400. The maximum atomic E-state index is 10.6. The number of ether oxygens (including phenoxy) is 2. The molecule has 1 aromatic rings. The van der Waals surface area contributed by atoms with Gasteiger partial charge in [-0.3, -0.25) is 4.79 Å². The van der Waals surface area contributed by atoms with Crippen molar-refractivity contribution in [1.82, 2.24) is 4.98 Å². The van der Waals surface area contributed by atoms with Crippen LogP contribution in [0.5, 0.6) is 5.75 Å². The first-order valence-electron chi connectivity index (χ1n) is 4.54. The minimum absolute atomic E-state index is 0.440. The Labute approximate surface area is 88.4 Å². The lowest BCUT2D eigenvalue weighted by atomic mass is 10.3. The van der Waals surface area contributed by atoms with E-state index in [0.717, 1.165) is 0 Å². The number of aromatic nitrogens is 1. The van der Waals surface area contributed by atoms with Crippen LogP contribution in [0.1, 0.15) is 10.4 Å². The van der Waals surface area contributed by atoms with E-state index < -0.39 is 0 Å². The van der Waals surface area contributed by atoms with Gasteiger partial charge in [-0.1, -0.05) is 0 Å². The Balaban J connectivity index is 2.70. The number of carbonyl (C=O) groups excluding carboxylic acids is 1. The standard InChI is InChI=1S/C10H14N2O3/c1-14-4-3-11-10-5-9(15-2)8(7-13)6-12-10/h5-7H,3-4H2,1-2H3,(H,11,12). The molecule has 0 unspecified atom stereocenters. The average molecular weight is 210 g/mol. The SMILES string of the molecule is COCCNc1cc(OC)c(C=O)cn1. The molecule has 0 bridgehead atoms. The number of rotatable bonds is 6. The van der Waals surface area contributed by atoms with E-state index in [1.54, 1.807) is 13.2 Å². The van der Waals surface area contributed by atoms with E-state index in [4.69, 9.17) is 9.47 Å². The molecule has 1 rings (SSSR count). The van der Waals surface area contributed by atoms with Gasteiger partial charge in [-0.25, -0.2) is 4.98 Å². The van der Waals surface area contributed by atoms with Crippen molar-refractivity contribution in [3.63, 3.8) is 0 Å². The maximum Gasteiger partial charge on any atom is 0.155 e. The molecule has 0 aliphatic heterocycles. The third-order valence-corrected chi connectivity index (χ3v) is 1.85. The van der Waals surface area contributed by atoms with Crippen LogP contribution in [0.3, 0.4) is 0 Å². The van der Waals surface area contributed by atoms with Crippen molar-refractivity contribution in [2.24, 2.45) is 0 Å². The lowest BCUT2D eigenvalue weighted by Gasteiger charge is -2.07. The molecule has 0 saturated heterocycles. The zero-order valence-electron chi connectivity index (χ0n) is 8.82. The van der Waals surface area contributed by atoms with Crippen LogP contribution in [0, 0.1) is 0 Å². The first kappa shape index (κ1) is 11.5. The molecule has 0 aliphatic rings. The number of hydrogen-bond acceptors (Lipinski definition) is 5. The molecule has 0 fully saturated rings. The molecule has 0 aromatic carbocycles. The zero-order chi connectivity index (χ0) is 11.1. The number of hydrogen-bond donors (Lipinski definition) is 1. The van der Waals surface area contributed by atoms with Crippen molar-refractivity contribution < 1.29 is 14.3 Å². The first-order chi connectivity index (χ1) is 7.31. The Morgan fingerprint density at radius 1 is 1.53 bits per heavy atom. The van der Waals surface area contributed by atoms with Gasteiger partial charge < -0.3 is 14.8 Å². The molecule has 5 heteroatoms. The summed E-state index contributed by atoms with van der Waals surface area (Å²) in [7, 11) is 3.15. The third-order valence-electron chi connectivity index (χ3n) is 1.85. The number of pyridine rings is 1. The Bertz CT molecular complexity index is 328. The summed E-state index contributed by atoms with van der Waals surface area (Å²) in [6.45, 7) is 1.26. The van der Waals surface area contributed by atoms with Crippen molar-refractivity contribution >= 4 is 12.1 Å². The monoisotopic (exact) mass is 210 g/mol. The van der Waals surface area contributed by atoms with Crippen LogP contribution < -0.4 is 10.1 Å². The molecule has 5 nitrogen and oxygen atoms in total. The van der Waals surface area contributed by atoms with Gasteiger partial charge in [-0.2, -0.15) is 0 Å². The Morgan fingerprint density at radius 2 is 2.33 bits per heavy atom. The summed E-state index contributed by atoms with van der Waals surface area (Å²) >= 11 is 0. The maximum absolute atomic E-state index is 10.6. The second-order valence-corrected chi connectivity index (χ2v) is 2.85. The molecule has 0 spiro atoms.